The van der Waals surface area contributed by atoms with Crippen molar-refractivity contribution in [3.63, 3.8) is 0 Å². The fourth-order valence-corrected chi connectivity index (χ4v) is 4.29. The van der Waals surface area contributed by atoms with Crippen LogP contribution in [0.1, 0.15) is 45.6 Å². The van der Waals surface area contributed by atoms with Gasteiger partial charge in [0.1, 0.15) is 5.56 Å². The van der Waals surface area contributed by atoms with E-state index in [1.54, 1.807) is 0 Å². The molecule has 22 heavy (non-hydrogen) atoms. The summed E-state index contributed by atoms with van der Waals surface area (Å²) in [5, 5.41) is 9.98. The van der Waals surface area contributed by atoms with Crippen LogP contribution in [0, 0.1) is 16.7 Å². The molecule has 3 rings (SSSR count). The molecule has 3 atom stereocenters. The zero-order chi connectivity index (χ0) is 16.3. The Morgan fingerprint density at radius 3 is 2.59 bits per heavy atom. The lowest BCUT2D eigenvalue weighted by Gasteiger charge is -2.37. The van der Waals surface area contributed by atoms with Gasteiger partial charge >= 0.3 is 5.69 Å². The number of aliphatic imine (C=N–C) groups is 1. The van der Waals surface area contributed by atoms with E-state index in [1.165, 1.54) is 19.7 Å². The largest absolute Gasteiger partial charge is 0.494 e. The first kappa shape index (κ1) is 15.1. The van der Waals surface area contributed by atoms with Gasteiger partial charge in [0.2, 0.25) is 5.88 Å². The molecule has 0 amide bonds. The topological polar surface area (TPSA) is 87.4 Å². The van der Waals surface area contributed by atoms with Gasteiger partial charge in [-0.05, 0) is 36.0 Å². The first-order valence-electron chi connectivity index (χ1n) is 7.74. The minimum absolute atomic E-state index is 0.0475. The number of nitrogens with zero attached hydrogens (tertiary/aromatic N) is 2. The van der Waals surface area contributed by atoms with E-state index in [-0.39, 0.29) is 28.3 Å². The summed E-state index contributed by atoms with van der Waals surface area (Å²) in [7, 11) is 1.41. The number of fused-ring (bicyclic) bond motifs is 2. The summed E-state index contributed by atoms with van der Waals surface area (Å²) in [6.45, 7) is 6.88. The average Bonchev–Trinajstić information content (AvgIpc) is 2.78. The predicted octanol–water partition coefficient (Wildman–Crippen LogP) is 1.41. The molecule has 2 N–H and O–H groups in total. The Hall–Kier alpha value is -1.85. The molecule has 0 saturated heterocycles. The quantitative estimate of drug-likeness (QED) is 0.810. The van der Waals surface area contributed by atoms with Gasteiger partial charge in [0.05, 0.1) is 6.04 Å². The molecule has 1 aromatic heterocycles. The summed E-state index contributed by atoms with van der Waals surface area (Å²) >= 11 is 0. The average molecular weight is 305 g/mol. The van der Waals surface area contributed by atoms with Gasteiger partial charge in [0, 0.05) is 13.3 Å². The maximum absolute atomic E-state index is 11.9. The summed E-state index contributed by atoms with van der Waals surface area (Å²) in [6.07, 6.45) is 4.83. The van der Waals surface area contributed by atoms with Crippen LogP contribution in [0.3, 0.4) is 0 Å². The maximum atomic E-state index is 11.9. The lowest BCUT2D eigenvalue weighted by atomic mass is 9.69. The van der Waals surface area contributed by atoms with Crippen LogP contribution in [0.15, 0.2) is 14.6 Å². The third-order valence-electron chi connectivity index (χ3n) is 6.46. The molecular weight excluding hydrogens is 282 g/mol. The van der Waals surface area contributed by atoms with Gasteiger partial charge in [-0.2, -0.15) is 0 Å². The summed E-state index contributed by atoms with van der Waals surface area (Å²) in [6, 6.07) is 0.150. The van der Waals surface area contributed by atoms with Crippen molar-refractivity contribution in [2.45, 2.75) is 46.1 Å². The summed E-state index contributed by atoms with van der Waals surface area (Å²) in [5.41, 5.74) is -0.819. The zero-order valence-corrected chi connectivity index (χ0v) is 13.5. The molecule has 0 aromatic carbocycles. The van der Waals surface area contributed by atoms with Gasteiger partial charge in [-0.3, -0.25) is 19.3 Å². The van der Waals surface area contributed by atoms with Crippen LogP contribution in [-0.2, 0) is 7.05 Å². The van der Waals surface area contributed by atoms with Crippen LogP contribution < -0.4 is 11.2 Å². The van der Waals surface area contributed by atoms with E-state index in [4.69, 9.17) is 0 Å². The van der Waals surface area contributed by atoms with Crippen LogP contribution in [0.2, 0.25) is 0 Å². The molecule has 6 heteroatoms. The Kier molecular flexibility index (Phi) is 3.13. The number of aromatic nitrogens is 2. The molecule has 2 aliphatic rings. The number of rotatable bonds is 2. The van der Waals surface area contributed by atoms with Gasteiger partial charge in [-0.25, -0.2) is 4.79 Å². The molecule has 3 unspecified atom stereocenters. The van der Waals surface area contributed by atoms with Crippen molar-refractivity contribution >= 4 is 6.21 Å². The van der Waals surface area contributed by atoms with Crippen molar-refractivity contribution in [1.29, 1.82) is 0 Å². The molecule has 1 heterocycles. The Morgan fingerprint density at radius 1 is 1.36 bits per heavy atom. The molecule has 0 spiro atoms. The van der Waals surface area contributed by atoms with Crippen LogP contribution in [-0.4, -0.2) is 26.9 Å². The van der Waals surface area contributed by atoms with Crippen molar-refractivity contribution in [2.24, 2.45) is 28.8 Å². The molecular formula is C16H23N3O3. The molecule has 2 bridgehead atoms. The molecule has 2 saturated carbocycles. The molecule has 120 valence electrons. The van der Waals surface area contributed by atoms with Crippen molar-refractivity contribution in [3.8, 4) is 5.88 Å². The van der Waals surface area contributed by atoms with E-state index in [9.17, 15) is 14.7 Å². The maximum Gasteiger partial charge on any atom is 0.330 e. The van der Waals surface area contributed by atoms with Gasteiger partial charge in [-0.15, -0.1) is 0 Å². The Balaban J connectivity index is 1.96. The number of aromatic hydroxyl groups is 1. The SMILES string of the molecule is Cn1c(O)c(C=NC2CC3CCC2(C)C3(C)C)c(=O)[nH]c1=O. The van der Waals surface area contributed by atoms with Crippen molar-refractivity contribution in [1.82, 2.24) is 9.55 Å². The lowest BCUT2D eigenvalue weighted by molar-refractivity contribution is 0.137. The smallest absolute Gasteiger partial charge is 0.330 e. The second kappa shape index (κ2) is 4.57. The van der Waals surface area contributed by atoms with E-state index >= 15 is 0 Å². The van der Waals surface area contributed by atoms with Crippen LogP contribution in [0.4, 0.5) is 0 Å². The number of H-pyrrole nitrogens is 1. The van der Waals surface area contributed by atoms with Gasteiger partial charge < -0.3 is 5.11 Å². The predicted molar refractivity (Wildman–Crippen MR) is 84.6 cm³/mol. The van der Waals surface area contributed by atoms with Crippen molar-refractivity contribution in [3.05, 3.63) is 26.4 Å². The molecule has 0 radical (unpaired) electrons. The molecule has 2 fully saturated rings. The van der Waals surface area contributed by atoms with Gasteiger partial charge in [0.15, 0.2) is 0 Å². The van der Waals surface area contributed by atoms with Crippen LogP contribution >= 0.6 is 0 Å². The normalized spacial score (nSPS) is 32.9. The standard InChI is InChI=1S/C16H23N3O3/c1-15(2)9-5-6-16(15,3)11(7-9)17-8-10-12(20)18-14(22)19(4)13(10)21/h8-9,11,21H,5-7H2,1-4H3,(H,18,20,22). The highest BCUT2D eigenvalue weighted by atomic mass is 16.3. The first-order valence-corrected chi connectivity index (χ1v) is 7.74. The van der Waals surface area contributed by atoms with Crippen molar-refractivity contribution in [2.75, 3.05) is 0 Å². The highest BCUT2D eigenvalue weighted by molar-refractivity contribution is 5.82. The minimum Gasteiger partial charge on any atom is -0.494 e. The van der Waals surface area contributed by atoms with Crippen molar-refractivity contribution < 1.29 is 5.11 Å². The molecule has 1 aromatic rings. The minimum atomic E-state index is -0.632. The summed E-state index contributed by atoms with van der Waals surface area (Å²) < 4.78 is 1.01. The Morgan fingerprint density at radius 2 is 2.05 bits per heavy atom. The molecule has 6 nitrogen and oxygen atoms in total. The summed E-state index contributed by atoms with van der Waals surface area (Å²) in [5.74, 6) is 0.316. The second-order valence-corrected chi connectivity index (χ2v) is 7.46. The van der Waals surface area contributed by atoms with E-state index in [0.717, 1.165) is 17.4 Å². The Bertz CT molecular complexity index is 759. The highest BCUT2D eigenvalue weighted by Gasteiger charge is 2.61. The summed E-state index contributed by atoms with van der Waals surface area (Å²) in [4.78, 5) is 30.1. The van der Waals surface area contributed by atoms with E-state index in [2.05, 4.69) is 30.7 Å². The van der Waals surface area contributed by atoms with Gasteiger partial charge in [-0.1, -0.05) is 20.8 Å². The first-order chi connectivity index (χ1) is 10.2. The second-order valence-electron chi connectivity index (χ2n) is 7.46. The third kappa shape index (κ3) is 1.82. The molecule has 0 aliphatic heterocycles. The molecule has 2 aliphatic carbocycles. The van der Waals surface area contributed by atoms with E-state index in [1.807, 2.05) is 0 Å². The zero-order valence-electron chi connectivity index (χ0n) is 13.5. The monoisotopic (exact) mass is 305 g/mol. The number of nitrogens with one attached hydrogen (secondary N) is 1. The number of hydrogen-bond donors (Lipinski definition) is 2. The van der Waals surface area contributed by atoms with E-state index < -0.39 is 11.2 Å². The van der Waals surface area contributed by atoms with Crippen LogP contribution in [0.5, 0.6) is 5.88 Å². The van der Waals surface area contributed by atoms with Crippen LogP contribution in [0.25, 0.3) is 0 Å². The van der Waals surface area contributed by atoms with Gasteiger partial charge in [0.25, 0.3) is 5.56 Å². The lowest BCUT2D eigenvalue weighted by Crippen LogP contribution is -2.35. The third-order valence-corrected chi connectivity index (χ3v) is 6.46. The highest BCUT2D eigenvalue weighted by Crippen LogP contribution is 2.66. The number of hydrogen-bond acceptors (Lipinski definition) is 4. The fourth-order valence-electron chi connectivity index (χ4n) is 4.29. The fraction of sp³-hybridized carbons (Fsp3) is 0.688. The Labute approximate surface area is 128 Å². The van der Waals surface area contributed by atoms with E-state index in [0.29, 0.717) is 5.92 Å². The number of aromatic amines is 1.